The van der Waals surface area contributed by atoms with E-state index >= 15 is 0 Å². The van der Waals surface area contributed by atoms with Gasteiger partial charge in [-0.3, -0.25) is 18.1 Å². The lowest BCUT2D eigenvalue weighted by Gasteiger charge is -2.23. The zero-order valence-corrected chi connectivity index (χ0v) is 78.1. The minimum absolute atomic E-state index is 0.191. The number of ether oxygens (including phenoxy) is 4. The SMILES string of the molecule is CC(C)CCC[C@@H](C)CCC[C@@H](C)CCC[C@@H](C)CCC[C@@H](C)CCO[C@@H](COCC[C@H](C)CCC[C@H](C)CCC[C@H](C)CCCC(C)C)COP(=O)(O)OC[C@@H](O)COP(=O)(O)OC[C@H](COCC[C@H](C)CCC[C@H](C)CCC[C@H](C)CCCC(C)C)OCC[C@H](C)CCC[C@H](C)CCC[C@H](C)CCCC(C)C. The van der Waals surface area contributed by atoms with Gasteiger partial charge in [0, 0.05) is 26.4 Å². The summed E-state index contributed by atoms with van der Waals surface area (Å²) in [4.78, 5) is 21.8. The normalized spacial score (nSPS) is 18.1. The van der Waals surface area contributed by atoms with E-state index in [9.17, 15) is 24.0 Å². The number of hydrogen-bond donors (Lipinski definition) is 3. The summed E-state index contributed by atoms with van der Waals surface area (Å²) >= 11 is 0. The van der Waals surface area contributed by atoms with E-state index in [2.05, 4.69) is 145 Å². The van der Waals surface area contributed by atoms with Crippen molar-refractivity contribution in [2.24, 2.45) is 101 Å². The van der Waals surface area contributed by atoms with E-state index in [1.807, 2.05) is 0 Å². The predicted octanol–water partition coefficient (Wildman–Crippen LogP) is 29.1. The molecule has 0 aromatic carbocycles. The first-order chi connectivity index (χ1) is 51.6. The molecule has 15 heteroatoms. The van der Waals surface area contributed by atoms with Crippen molar-refractivity contribution in [1.29, 1.82) is 0 Å². The second kappa shape index (κ2) is 69.9. The van der Waals surface area contributed by atoms with E-state index in [4.69, 9.17) is 37.0 Å². The van der Waals surface area contributed by atoms with Crippen molar-refractivity contribution in [1.82, 2.24) is 0 Å². The molecule has 0 saturated carbocycles. The zero-order valence-electron chi connectivity index (χ0n) is 76.3. The largest absolute Gasteiger partial charge is 0.472 e. The molecular weight excluding hydrogens is 1400 g/mol. The Morgan fingerprint density at radius 3 is 0.550 bits per heavy atom. The predicted molar refractivity (Wildman–Crippen MR) is 468 cm³/mol. The van der Waals surface area contributed by atoms with Crippen LogP contribution in [0.25, 0.3) is 0 Å². The Labute approximate surface area is 679 Å². The van der Waals surface area contributed by atoms with Crippen LogP contribution in [-0.4, -0.2) is 99.3 Å². The van der Waals surface area contributed by atoms with Gasteiger partial charge in [-0.2, -0.15) is 0 Å². The molecule has 0 aliphatic heterocycles. The number of rotatable bonds is 82. The third-order valence-corrected chi connectivity index (χ3v) is 26.1. The van der Waals surface area contributed by atoms with Crippen LogP contribution in [0.1, 0.15) is 421 Å². The average molecular weight is 1590 g/mol. The van der Waals surface area contributed by atoms with Crippen LogP contribution in [0.3, 0.4) is 0 Å². The lowest BCUT2D eigenvalue weighted by Crippen LogP contribution is -2.28. The van der Waals surface area contributed by atoms with E-state index in [0.29, 0.717) is 56.0 Å². The Morgan fingerprint density at radius 2 is 0.367 bits per heavy atom. The minimum atomic E-state index is -4.72. The summed E-state index contributed by atoms with van der Waals surface area (Å²) in [6.07, 6.45) is 51.1. The highest BCUT2D eigenvalue weighted by atomic mass is 31.2. The smallest absolute Gasteiger partial charge is 0.388 e. The molecular formula is C94H192O13P2. The standard InChI is InChI=1S/C94H192O13P2/c1-75(2)35-22-39-79(9)43-26-47-83(13)51-30-52-87(17)56-34-60-91(21)64-68-103-94(72-101-66-62-89(19)58-32-54-85(15)49-28-45-81(11)41-24-37-77(5)6)74-107-109(98,99)105-70-92(95)69-104-108(96,97)106-73-93(102-67-63-90(20)59-33-55-86(16)50-29-46-82(12)42-25-38-78(7)8)71-100-65-61-88(18)57-31-53-84(14)48-27-44-80(10)40-23-36-76(3)4/h75-95H,22-74H2,1-21H3,(H,96,97)(H,98,99)/t79-,80-,81-,82-,83-,84-,85-,86-,87-,88-,89-,90-,91-,92+,93+,94+/m1/s1. The van der Waals surface area contributed by atoms with Gasteiger partial charge in [0.15, 0.2) is 0 Å². The van der Waals surface area contributed by atoms with Crippen LogP contribution in [0.2, 0.25) is 0 Å². The maximum absolute atomic E-state index is 13.4. The Balaban J connectivity index is 5.55. The Kier molecular flexibility index (Phi) is 69.9. The summed E-state index contributed by atoms with van der Waals surface area (Å²) in [5.41, 5.74) is 0. The van der Waals surface area contributed by atoms with Crippen LogP contribution in [0.4, 0.5) is 0 Å². The van der Waals surface area contributed by atoms with Crippen LogP contribution >= 0.6 is 15.6 Å². The number of aliphatic hydroxyl groups is 1. The highest BCUT2D eigenvalue weighted by Crippen LogP contribution is 2.46. The van der Waals surface area contributed by atoms with Crippen LogP contribution < -0.4 is 0 Å². The lowest BCUT2D eigenvalue weighted by atomic mass is 9.90. The molecule has 0 saturated heterocycles. The first-order valence-electron chi connectivity index (χ1n) is 46.9. The summed E-state index contributed by atoms with van der Waals surface area (Å²) < 4.78 is 73.4. The number of phosphoric ester groups is 2. The molecule has 3 N–H and O–H groups in total. The maximum atomic E-state index is 13.4. The summed E-state index contributed by atoms with van der Waals surface area (Å²) in [6, 6.07) is 0. The molecule has 2 unspecified atom stereocenters. The molecule has 18 atom stereocenters. The van der Waals surface area contributed by atoms with Gasteiger partial charge in [0.05, 0.1) is 39.6 Å². The van der Waals surface area contributed by atoms with Gasteiger partial charge in [-0.15, -0.1) is 0 Å². The van der Waals surface area contributed by atoms with Crippen molar-refractivity contribution in [3.8, 4) is 0 Å². The lowest BCUT2D eigenvalue weighted by molar-refractivity contribution is -0.0513. The molecule has 0 radical (unpaired) electrons. The second-order valence-electron chi connectivity index (χ2n) is 39.1. The molecule has 656 valence electrons. The molecule has 0 heterocycles. The van der Waals surface area contributed by atoms with E-state index in [1.54, 1.807) is 0 Å². The molecule has 0 bridgehead atoms. The maximum Gasteiger partial charge on any atom is 0.472 e. The van der Waals surface area contributed by atoms with Gasteiger partial charge in [0.2, 0.25) is 0 Å². The van der Waals surface area contributed by atoms with Crippen molar-refractivity contribution in [2.45, 2.75) is 440 Å². The highest BCUT2D eigenvalue weighted by Gasteiger charge is 2.30. The van der Waals surface area contributed by atoms with Crippen LogP contribution in [0.5, 0.6) is 0 Å². The summed E-state index contributed by atoms with van der Waals surface area (Å²) in [5.74, 6) is 12.1. The molecule has 0 aromatic heterocycles. The van der Waals surface area contributed by atoms with Gasteiger partial charge < -0.3 is 33.8 Å². The van der Waals surface area contributed by atoms with Crippen LogP contribution in [0, 0.1) is 101 Å². The fraction of sp³-hybridized carbons (Fsp3) is 1.00. The first kappa shape index (κ1) is 109. The van der Waals surface area contributed by atoms with Crippen LogP contribution in [0.15, 0.2) is 0 Å². The Morgan fingerprint density at radius 1 is 0.211 bits per heavy atom. The molecule has 0 aromatic rings. The molecule has 0 fully saturated rings. The van der Waals surface area contributed by atoms with Gasteiger partial charge in [0.1, 0.15) is 18.3 Å². The third-order valence-electron chi connectivity index (χ3n) is 24.2. The average Bonchev–Trinajstić information content (AvgIpc) is 0.900. The molecule has 0 amide bonds. The van der Waals surface area contributed by atoms with Crippen molar-refractivity contribution in [3.63, 3.8) is 0 Å². The summed E-state index contributed by atoms with van der Waals surface area (Å²) in [7, 11) is -9.44. The summed E-state index contributed by atoms with van der Waals surface area (Å²) in [5, 5.41) is 10.9. The topological polar surface area (TPSA) is 169 Å². The van der Waals surface area contributed by atoms with Gasteiger partial charge in [-0.1, -0.05) is 396 Å². The number of phosphoric acid groups is 2. The van der Waals surface area contributed by atoms with Crippen molar-refractivity contribution >= 4 is 15.6 Å². The molecule has 0 rings (SSSR count). The van der Waals surface area contributed by atoms with E-state index < -0.39 is 47.2 Å². The van der Waals surface area contributed by atoms with Gasteiger partial charge in [-0.05, 0) is 126 Å². The fourth-order valence-corrected chi connectivity index (χ4v) is 17.3. The number of aliphatic hydroxyl groups excluding tert-OH is 1. The monoisotopic (exact) mass is 1590 g/mol. The quantitative estimate of drug-likeness (QED) is 0.0389. The van der Waals surface area contributed by atoms with Gasteiger partial charge in [0.25, 0.3) is 0 Å². The van der Waals surface area contributed by atoms with Crippen molar-refractivity contribution in [2.75, 3.05) is 66.1 Å². The Hall–Kier alpha value is 0.0200. The second-order valence-corrected chi connectivity index (χ2v) is 42.0. The van der Waals surface area contributed by atoms with E-state index in [1.165, 1.54) is 225 Å². The van der Waals surface area contributed by atoms with E-state index in [-0.39, 0.29) is 26.4 Å². The summed E-state index contributed by atoms with van der Waals surface area (Å²) in [6.45, 7) is 50.0. The Bertz CT molecular complexity index is 2060. The fourth-order valence-electron chi connectivity index (χ4n) is 15.7. The molecule has 0 spiro atoms. The molecule has 0 aliphatic rings. The number of hydrogen-bond acceptors (Lipinski definition) is 11. The van der Waals surface area contributed by atoms with Crippen molar-refractivity contribution < 1.29 is 61.1 Å². The van der Waals surface area contributed by atoms with Crippen molar-refractivity contribution in [3.05, 3.63) is 0 Å². The van der Waals surface area contributed by atoms with E-state index in [0.717, 1.165) is 122 Å². The van der Waals surface area contributed by atoms with Gasteiger partial charge in [-0.25, -0.2) is 9.13 Å². The first-order valence-corrected chi connectivity index (χ1v) is 49.9. The zero-order chi connectivity index (χ0) is 81.7. The van der Waals surface area contributed by atoms with Crippen LogP contribution in [-0.2, 0) is 46.2 Å². The minimum Gasteiger partial charge on any atom is -0.388 e. The molecule has 0 aliphatic carbocycles. The molecule has 13 nitrogen and oxygen atoms in total. The third kappa shape index (κ3) is 74.1. The van der Waals surface area contributed by atoms with Gasteiger partial charge >= 0.3 is 15.6 Å². The highest BCUT2D eigenvalue weighted by molar-refractivity contribution is 7.47. The molecule has 109 heavy (non-hydrogen) atoms.